The average molecular weight is 216 g/mol. The normalized spacial score (nSPS) is 18.6. The van der Waals surface area contributed by atoms with Gasteiger partial charge in [0, 0.05) is 6.54 Å². The van der Waals surface area contributed by atoms with Crippen LogP contribution in [0.25, 0.3) is 0 Å². The SMILES string of the molecule is CC(CN)(Nc1cccc(C#N)n1)C1CC1. The Morgan fingerprint density at radius 3 is 2.94 bits per heavy atom. The number of nitriles is 1. The summed E-state index contributed by atoms with van der Waals surface area (Å²) in [6.07, 6.45) is 2.44. The molecule has 84 valence electrons. The Bertz CT molecular complexity index is 419. The maximum Gasteiger partial charge on any atom is 0.142 e. The van der Waals surface area contributed by atoms with Gasteiger partial charge in [-0.2, -0.15) is 5.26 Å². The second kappa shape index (κ2) is 4.11. The molecular weight excluding hydrogens is 200 g/mol. The van der Waals surface area contributed by atoms with Crippen LogP contribution >= 0.6 is 0 Å². The molecule has 0 saturated heterocycles. The molecule has 0 bridgehead atoms. The van der Waals surface area contributed by atoms with E-state index >= 15 is 0 Å². The quantitative estimate of drug-likeness (QED) is 0.799. The van der Waals surface area contributed by atoms with E-state index in [0.717, 1.165) is 5.82 Å². The molecule has 4 heteroatoms. The molecule has 1 aliphatic carbocycles. The Morgan fingerprint density at radius 1 is 1.62 bits per heavy atom. The molecule has 2 rings (SSSR count). The van der Waals surface area contributed by atoms with E-state index in [9.17, 15) is 0 Å². The van der Waals surface area contributed by atoms with Gasteiger partial charge in [-0.15, -0.1) is 0 Å². The molecule has 1 aromatic heterocycles. The van der Waals surface area contributed by atoms with E-state index in [2.05, 4.69) is 17.2 Å². The van der Waals surface area contributed by atoms with Gasteiger partial charge in [-0.25, -0.2) is 4.98 Å². The number of hydrogen-bond donors (Lipinski definition) is 2. The first-order chi connectivity index (χ1) is 7.68. The Hall–Kier alpha value is -1.60. The van der Waals surface area contributed by atoms with Crippen LogP contribution in [0.5, 0.6) is 0 Å². The third-order valence-electron chi connectivity index (χ3n) is 3.18. The number of pyridine rings is 1. The molecule has 1 unspecified atom stereocenters. The Morgan fingerprint density at radius 2 is 2.38 bits per heavy atom. The molecule has 1 fully saturated rings. The lowest BCUT2D eigenvalue weighted by Gasteiger charge is -2.30. The van der Waals surface area contributed by atoms with E-state index in [0.29, 0.717) is 18.2 Å². The van der Waals surface area contributed by atoms with Gasteiger partial charge in [0.15, 0.2) is 0 Å². The van der Waals surface area contributed by atoms with E-state index in [1.54, 1.807) is 6.07 Å². The number of aromatic nitrogens is 1. The zero-order valence-corrected chi connectivity index (χ0v) is 9.40. The Balaban J connectivity index is 2.16. The van der Waals surface area contributed by atoms with Crippen LogP contribution in [-0.2, 0) is 0 Å². The van der Waals surface area contributed by atoms with E-state index in [4.69, 9.17) is 11.0 Å². The van der Waals surface area contributed by atoms with Crippen molar-refractivity contribution in [2.24, 2.45) is 11.7 Å². The van der Waals surface area contributed by atoms with Crippen LogP contribution in [0.4, 0.5) is 5.82 Å². The number of hydrogen-bond acceptors (Lipinski definition) is 4. The van der Waals surface area contributed by atoms with E-state index in [1.165, 1.54) is 12.8 Å². The van der Waals surface area contributed by atoms with Gasteiger partial charge in [0.25, 0.3) is 0 Å². The van der Waals surface area contributed by atoms with Crippen molar-refractivity contribution in [2.75, 3.05) is 11.9 Å². The summed E-state index contributed by atoms with van der Waals surface area (Å²) in [6, 6.07) is 7.43. The van der Waals surface area contributed by atoms with Gasteiger partial charge >= 0.3 is 0 Å². The van der Waals surface area contributed by atoms with Gasteiger partial charge in [0.05, 0.1) is 5.54 Å². The smallest absolute Gasteiger partial charge is 0.142 e. The van der Waals surface area contributed by atoms with Crippen LogP contribution in [0.1, 0.15) is 25.5 Å². The molecule has 1 aliphatic rings. The van der Waals surface area contributed by atoms with Gasteiger partial charge in [0.1, 0.15) is 17.6 Å². The fourth-order valence-electron chi connectivity index (χ4n) is 1.90. The number of anilines is 1. The predicted molar refractivity (Wildman–Crippen MR) is 62.8 cm³/mol. The summed E-state index contributed by atoms with van der Waals surface area (Å²) in [4.78, 5) is 4.21. The number of nitrogens with zero attached hydrogens (tertiary/aromatic N) is 2. The number of nitrogens with one attached hydrogen (secondary N) is 1. The van der Waals surface area contributed by atoms with Gasteiger partial charge in [0.2, 0.25) is 0 Å². The van der Waals surface area contributed by atoms with Crippen LogP contribution in [0.3, 0.4) is 0 Å². The Labute approximate surface area is 95.5 Å². The van der Waals surface area contributed by atoms with Crippen molar-refractivity contribution >= 4 is 5.82 Å². The predicted octanol–water partition coefficient (Wildman–Crippen LogP) is 1.49. The third-order valence-corrected chi connectivity index (χ3v) is 3.18. The first-order valence-corrected chi connectivity index (χ1v) is 5.53. The van der Waals surface area contributed by atoms with Crippen molar-refractivity contribution in [3.05, 3.63) is 23.9 Å². The molecule has 3 N–H and O–H groups in total. The third kappa shape index (κ3) is 2.15. The van der Waals surface area contributed by atoms with Crippen LogP contribution in [0, 0.1) is 17.2 Å². The topological polar surface area (TPSA) is 74.7 Å². The molecular formula is C12H16N4. The molecule has 0 aliphatic heterocycles. The lowest BCUT2D eigenvalue weighted by Crippen LogP contribution is -2.44. The highest BCUT2D eigenvalue weighted by Crippen LogP contribution is 2.40. The van der Waals surface area contributed by atoms with Gasteiger partial charge in [-0.3, -0.25) is 0 Å². The highest BCUT2D eigenvalue weighted by Gasteiger charge is 2.40. The summed E-state index contributed by atoms with van der Waals surface area (Å²) < 4.78 is 0. The summed E-state index contributed by atoms with van der Waals surface area (Å²) in [7, 11) is 0. The van der Waals surface area contributed by atoms with E-state index in [-0.39, 0.29) is 5.54 Å². The highest BCUT2D eigenvalue weighted by molar-refractivity contribution is 5.41. The van der Waals surface area contributed by atoms with Crippen molar-refractivity contribution in [3.8, 4) is 6.07 Å². The van der Waals surface area contributed by atoms with Crippen LogP contribution < -0.4 is 11.1 Å². The first kappa shape index (κ1) is 10.9. The average Bonchev–Trinajstić information content (AvgIpc) is 3.13. The lowest BCUT2D eigenvalue weighted by molar-refractivity contribution is 0.458. The van der Waals surface area contributed by atoms with Crippen molar-refractivity contribution in [3.63, 3.8) is 0 Å². The van der Waals surface area contributed by atoms with Crippen molar-refractivity contribution in [1.29, 1.82) is 5.26 Å². The van der Waals surface area contributed by atoms with Gasteiger partial charge < -0.3 is 11.1 Å². The maximum absolute atomic E-state index is 8.77. The lowest BCUT2D eigenvalue weighted by atomic mass is 9.96. The molecule has 1 atom stereocenters. The molecule has 0 radical (unpaired) electrons. The number of nitrogens with two attached hydrogens (primary N) is 1. The summed E-state index contributed by atoms with van der Waals surface area (Å²) >= 11 is 0. The summed E-state index contributed by atoms with van der Waals surface area (Å²) in [6.45, 7) is 2.70. The Kier molecular flexibility index (Phi) is 2.80. The zero-order chi connectivity index (χ0) is 11.6. The van der Waals surface area contributed by atoms with Crippen LogP contribution in [0.2, 0.25) is 0 Å². The minimum absolute atomic E-state index is 0.0962. The minimum Gasteiger partial charge on any atom is -0.363 e. The summed E-state index contributed by atoms with van der Waals surface area (Å²) in [5.74, 6) is 1.36. The van der Waals surface area contributed by atoms with Crippen LogP contribution in [0.15, 0.2) is 18.2 Å². The molecule has 1 aromatic rings. The monoisotopic (exact) mass is 216 g/mol. The van der Waals surface area contributed by atoms with Gasteiger partial charge in [-0.1, -0.05) is 6.07 Å². The van der Waals surface area contributed by atoms with E-state index < -0.39 is 0 Å². The maximum atomic E-state index is 8.77. The molecule has 0 amide bonds. The second-order valence-electron chi connectivity index (χ2n) is 4.54. The molecule has 1 heterocycles. The molecule has 1 saturated carbocycles. The van der Waals surface area contributed by atoms with Crippen LogP contribution in [-0.4, -0.2) is 17.1 Å². The van der Waals surface area contributed by atoms with Crippen molar-refractivity contribution < 1.29 is 0 Å². The largest absolute Gasteiger partial charge is 0.363 e. The molecule has 0 spiro atoms. The fraction of sp³-hybridized carbons (Fsp3) is 0.500. The molecule has 4 nitrogen and oxygen atoms in total. The molecule has 0 aromatic carbocycles. The minimum atomic E-state index is -0.0962. The highest BCUT2D eigenvalue weighted by atomic mass is 15.1. The van der Waals surface area contributed by atoms with Gasteiger partial charge in [-0.05, 0) is 37.8 Å². The fourth-order valence-corrected chi connectivity index (χ4v) is 1.90. The zero-order valence-electron chi connectivity index (χ0n) is 9.40. The van der Waals surface area contributed by atoms with Crippen molar-refractivity contribution in [2.45, 2.75) is 25.3 Å². The number of rotatable bonds is 4. The second-order valence-corrected chi connectivity index (χ2v) is 4.54. The van der Waals surface area contributed by atoms with E-state index in [1.807, 2.05) is 18.2 Å². The standard InChI is InChI=1S/C12H16N4/c1-12(8-14,9-5-6-9)16-11-4-2-3-10(7-13)15-11/h2-4,9H,5-6,8,14H2,1H3,(H,15,16). The molecule has 16 heavy (non-hydrogen) atoms. The van der Waals surface area contributed by atoms with Crippen molar-refractivity contribution in [1.82, 2.24) is 4.98 Å². The first-order valence-electron chi connectivity index (χ1n) is 5.53. The summed E-state index contributed by atoms with van der Waals surface area (Å²) in [5, 5.41) is 12.1. The summed E-state index contributed by atoms with van der Waals surface area (Å²) in [5.41, 5.74) is 6.15.